The third kappa shape index (κ3) is 2.89. The fourth-order valence-corrected chi connectivity index (χ4v) is 2.36. The van der Waals surface area contributed by atoms with Gasteiger partial charge < -0.3 is 9.73 Å². The number of rotatable bonds is 3. The van der Waals surface area contributed by atoms with Crippen LogP contribution in [0.2, 0.25) is 0 Å². The molecule has 0 bridgehead atoms. The Balaban J connectivity index is 2.27. The van der Waals surface area contributed by atoms with Crippen LogP contribution < -0.4 is 10.5 Å². The second-order valence-corrected chi connectivity index (χ2v) is 5.93. The summed E-state index contributed by atoms with van der Waals surface area (Å²) in [5.41, 5.74) is 1.55. The second kappa shape index (κ2) is 5.10. The van der Waals surface area contributed by atoms with Crippen LogP contribution in [-0.2, 0) is 10.0 Å². The molecule has 1 aromatic heterocycles. The lowest BCUT2D eigenvalue weighted by Crippen LogP contribution is -2.15. The molecular weight excluding hydrogens is 280 g/mol. The maximum atomic E-state index is 12.0. The number of aryl methyl sites for hydroxylation is 2. The summed E-state index contributed by atoms with van der Waals surface area (Å²) in [5, 5.41) is 7.74. The van der Waals surface area contributed by atoms with E-state index in [2.05, 4.69) is 5.32 Å². The van der Waals surface area contributed by atoms with Crippen LogP contribution in [0, 0.1) is 13.8 Å². The van der Waals surface area contributed by atoms with Crippen LogP contribution in [0.15, 0.2) is 39.8 Å². The molecule has 20 heavy (non-hydrogen) atoms. The van der Waals surface area contributed by atoms with E-state index in [1.165, 1.54) is 24.5 Å². The summed E-state index contributed by atoms with van der Waals surface area (Å²) in [5.74, 6) is 0.198. The maximum Gasteiger partial charge on any atom is 0.259 e. The Morgan fingerprint density at radius 3 is 2.45 bits per heavy atom. The Labute approximate surface area is 116 Å². The third-order valence-corrected chi connectivity index (χ3v) is 3.79. The Hall–Kier alpha value is -2.12. The van der Waals surface area contributed by atoms with Crippen molar-refractivity contribution in [1.82, 2.24) is 0 Å². The highest BCUT2D eigenvalue weighted by Gasteiger charge is 2.14. The number of hydrogen-bond donors (Lipinski definition) is 2. The van der Waals surface area contributed by atoms with Crippen LogP contribution in [0.25, 0.3) is 0 Å². The van der Waals surface area contributed by atoms with Crippen LogP contribution in [0.3, 0.4) is 0 Å². The molecule has 0 saturated carbocycles. The Bertz CT molecular complexity index is 762. The standard InChI is InChI=1S/C13H14N2O4S/c1-8-7-10(20(14,17)18)3-4-12(8)15-13(16)11-5-6-19-9(11)2/h3-7H,1-2H3,(H,15,16)(H2,14,17,18). The molecule has 2 aromatic rings. The Kier molecular flexibility index (Phi) is 3.65. The molecule has 3 N–H and O–H groups in total. The van der Waals surface area contributed by atoms with Gasteiger partial charge in [0.25, 0.3) is 5.91 Å². The van der Waals surface area contributed by atoms with E-state index in [9.17, 15) is 13.2 Å². The van der Waals surface area contributed by atoms with Gasteiger partial charge in [-0.1, -0.05) is 0 Å². The van der Waals surface area contributed by atoms with E-state index in [0.29, 0.717) is 22.6 Å². The van der Waals surface area contributed by atoms with Gasteiger partial charge in [0, 0.05) is 5.69 Å². The van der Waals surface area contributed by atoms with Crippen LogP contribution in [0.5, 0.6) is 0 Å². The molecule has 0 fully saturated rings. The highest BCUT2D eigenvalue weighted by atomic mass is 32.2. The van der Waals surface area contributed by atoms with Crippen LogP contribution >= 0.6 is 0 Å². The zero-order valence-electron chi connectivity index (χ0n) is 11.0. The van der Waals surface area contributed by atoms with Crippen LogP contribution in [0.4, 0.5) is 5.69 Å². The van der Waals surface area contributed by atoms with Gasteiger partial charge in [0.1, 0.15) is 5.76 Å². The molecule has 106 valence electrons. The summed E-state index contributed by atoms with van der Waals surface area (Å²) in [7, 11) is -3.75. The van der Waals surface area contributed by atoms with Gasteiger partial charge in [-0.05, 0) is 43.7 Å². The number of furan rings is 1. The highest BCUT2D eigenvalue weighted by molar-refractivity contribution is 7.89. The molecule has 1 heterocycles. The van der Waals surface area contributed by atoms with E-state index >= 15 is 0 Å². The van der Waals surface area contributed by atoms with Gasteiger partial charge >= 0.3 is 0 Å². The van der Waals surface area contributed by atoms with E-state index in [1.54, 1.807) is 19.9 Å². The third-order valence-electron chi connectivity index (χ3n) is 2.88. The molecular formula is C13H14N2O4S. The van der Waals surface area contributed by atoms with E-state index in [0.717, 1.165) is 0 Å². The number of primary sulfonamides is 1. The van der Waals surface area contributed by atoms with Crippen molar-refractivity contribution in [2.24, 2.45) is 5.14 Å². The number of nitrogens with one attached hydrogen (secondary N) is 1. The lowest BCUT2D eigenvalue weighted by atomic mass is 10.2. The minimum absolute atomic E-state index is 0.00694. The van der Waals surface area contributed by atoms with E-state index < -0.39 is 10.0 Å². The van der Waals surface area contributed by atoms with Crippen molar-refractivity contribution in [3.05, 3.63) is 47.4 Å². The van der Waals surface area contributed by atoms with Crippen molar-refractivity contribution in [2.75, 3.05) is 5.32 Å². The summed E-state index contributed by atoms with van der Waals surface area (Å²) >= 11 is 0. The molecule has 1 amide bonds. The number of carbonyl (C=O) groups excluding carboxylic acids is 1. The van der Waals surface area contributed by atoms with E-state index in [1.807, 2.05) is 0 Å². The molecule has 0 atom stereocenters. The first kappa shape index (κ1) is 14.3. The molecule has 2 rings (SSSR count). The molecule has 0 aliphatic carbocycles. The molecule has 0 unspecified atom stereocenters. The minimum atomic E-state index is -3.75. The molecule has 0 radical (unpaired) electrons. The molecule has 0 aliphatic rings. The van der Waals surface area contributed by atoms with Crippen LogP contribution in [0.1, 0.15) is 21.7 Å². The van der Waals surface area contributed by atoms with Gasteiger partial charge in [-0.3, -0.25) is 4.79 Å². The van der Waals surface area contributed by atoms with Gasteiger partial charge in [-0.15, -0.1) is 0 Å². The van der Waals surface area contributed by atoms with E-state index in [4.69, 9.17) is 9.56 Å². The molecule has 7 heteroatoms. The lowest BCUT2D eigenvalue weighted by molar-refractivity contribution is 0.102. The first-order valence-electron chi connectivity index (χ1n) is 5.78. The minimum Gasteiger partial charge on any atom is -0.469 e. The molecule has 0 spiro atoms. The second-order valence-electron chi connectivity index (χ2n) is 4.37. The number of hydrogen-bond acceptors (Lipinski definition) is 4. The average molecular weight is 294 g/mol. The van der Waals surface area contributed by atoms with Crippen molar-refractivity contribution in [1.29, 1.82) is 0 Å². The smallest absolute Gasteiger partial charge is 0.259 e. The summed E-state index contributed by atoms with van der Waals surface area (Å²) in [6.45, 7) is 3.37. The van der Waals surface area contributed by atoms with Gasteiger partial charge in [0.2, 0.25) is 10.0 Å². The summed E-state index contributed by atoms with van der Waals surface area (Å²) in [6.07, 6.45) is 1.43. The fraction of sp³-hybridized carbons (Fsp3) is 0.154. The molecule has 1 aromatic carbocycles. The van der Waals surface area contributed by atoms with Crippen molar-refractivity contribution >= 4 is 21.6 Å². The lowest BCUT2D eigenvalue weighted by Gasteiger charge is -2.09. The van der Waals surface area contributed by atoms with Gasteiger partial charge in [-0.25, -0.2) is 13.6 Å². The monoisotopic (exact) mass is 294 g/mol. The Morgan fingerprint density at radius 1 is 1.25 bits per heavy atom. The summed E-state index contributed by atoms with van der Waals surface area (Å²) in [4.78, 5) is 12.0. The molecule has 0 saturated heterocycles. The number of benzene rings is 1. The van der Waals surface area contributed by atoms with Crippen molar-refractivity contribution < 1.29 is 17.6 Å². The average Bonchev–Trinajstić information content (AvgIpc) is 2.76. The maximum absolute atomic E-state index is 12.0. The van der Waals surface area contributed by atoms with Gasteiger partial charge in [0.15, 0.2) is 0 Å². The van der Waals surface area contributed by atoms with Crippen molar-refractivity contribution in [3.8, 4) is 0 Å². The van der Waals surface area contributed by atoms with Gasteiger partial charge in [-0.2, -0.15) is 0 Å². The number of carbonyl (C=O) groups is 1. The van der Waals surface area contributed by atoms with Crippen molar-refractivity contribution in [3.63, 3.8) is 0 Å². The first-order valence-corrected chi connectivity index (χ1v) is 7.32. The molecule has 0 aliphatic heterocycles. The highest BCUT2D eigenvalue weighted by Crippen LogP contribution is 2.20. The molecule has 6 nitrogen and oxygen atoms in total. The Morgan fingerprint density at radius 2 is 1.95 bits per heavy atom. The van der Waals surface area contributed by atoms with Crippen molar-refractivity contribution in [2.45, 2.75) is 18.7 Å². The quantitative estimate of drug-likeness (QED) is 0.900. The summed E-state index contributed by atoms with van der Waals surface area (Å²) < 4.78 is 27.5. The van der Waals surface area contributed by atoms with Crippen LogP contribution in [-0.4, -0.2) is 14.3 Å². The number of amides is 1. The number of sulfonamides is 1. The van der Waals surface area contributed by atoms with Gasteiger partial charge in [0.05, 0.1) is 16.7 Å². The predicted octanol–water partition coefficient (Wildman–Crippen LogP) is 1.80. The predicted molar refractivity (Wildman–Crippen MR) is 74.0 cm³/mol. The SMILES string of the molecule is Cc1cc(S(N)(=O)=O)ccc1NC(=O)c1ccoc1C. The zero-order chi connectivity index (χ0) is 14.9. The fourth-order valence-electron chi connectivity index (χ4n) is 1.76. The zero-order valence-corrected chi connectivity index (χ0v) is 11.8. The number of anilines is 1. The normalized spacial score (nSPS) is 11.3. The van der Waals surface area contributed by atoms with E-state index in [-0.39, 0.29) is 10.8 Å². The topological polar surface area (TPSA) is 102 Å². The largest absolute Gasteiger partial charge is 0.469 e. The first-order chi connectivity index (χ1) is 9.29. The number of nitrogens with two attached hydrogens (primary N) is 1. The summed E-state index contributed by atoms with van der Waals surface area (Å²) in [6, 6.07) is 5.83.